The van der Waals surface area contributed by atoms with Gasteiger partial charge in [-0.3, -0.25) is 0 Å². The van der Waals surface area contributed by atoms with Crippen molar-refractivity contribution in [2.24, 2.45) is 0 Å². The Morgan fingerprint density at radius 3 is 1.67 bits per heavy atom. The van der Waals surface area contributed by atoms with Gasteiger partial charge in [-0.05, 0) is 103 Å². The molecule has 2 aromatic heterocycles. The summed E-state index contributed by atoms with van der Waals surface area (Å²) in [6, 6.07) is 72.9. The van der Waals surface area contributed by atoms with Crippen LogP contribution in [0.1, 0.15) is 0 Å². The fourth-order valence-electron chi connectivity index (χ4n) is 8.32. The van der Waals surface area contributed by atoms with Crippen molar-refractivity contribution < 1.29 is 4.42 Å². The Morgan fingerprint density at radius 1 is 0.281 bits per heavy atom. The summed E-state index contributed by atoms with van der Waals surface area (Å²) in [5, 5.41) is 6.97. The van der Waals surface area contributed by atoms with Crippen LogP contribution in [0.15, 0.2) is 211 Å². The number of aromatic nitrogens is 2. The predicted octanol–water partition coefficient (Wildman–Crippen LogP) is 14.7. The summed E-state index contributed by atoms with van der Waals surface area (Å²) in [7, 11) is 0. The highest BCUT2D eigenvalue weighted by Gasteiger charge is 2.18. The third-order valence-corrected chi connectivity index (χ3v) is 11.1. The van der Waals surface area contributed by atoms with Crippen molar-refractivity contribution in [1.29, 1.82) is 0 Å². The molecule has 11 rings (SSSR count). The first-order chi connectivity index (χ1) is 28.2. The number of hydrogen-bond donors (Lipinski definition) is 0. The lowest BCUT2D eigenvalue weighted by Crippen LogP contribution is -1.97. The lowest BCUT2D eigenvalue weighted by molar-refractivity contribution is 0.669. The van der Waals surface area contributed by atoms with E-state index in [9.17, 15) is 0 Å². The monoisotopic (exact) mass is 726 g/mol. The smallest absolute Gasteiger partial charge is 0.160 e. The van der Waals surface area contributed by atoms with Crippen molar-refractivity contribution in [2.75, 3.05) is 0 Å². The van der Waals surface area contributed by atoms with Gasteiger partial charge in [0.2, 0.25) is 0 Å². The van der Waals surface area contributed by atoms with Crippen LogP contribution in [0.3, 0.4) is 0 Å². The molecule has 57 heavy (non-hydrogen) atoms. The van der Waals surface area contributed by atoms with Crippen LogP contribution in [0.2, 0.25) is 0 Å². The Morgan fingerprint density at radius 2 is 0.860 bits per heavy atom. The Hall–Kier alpha value is -7.62. The maximum atomic E-state index is 6.24. The lowest BCUT2D eigenvalue weighted by atomic mass is 9.90. The van der Waals surface area contributed by atoms with Crippen molar-refractivity contribution in [3.63, 3.8) is 0 Å². The Bertz CT molecular complexity index is 3290. The van der Waals surface area contributed by atoms with Gasteiger partial charge in [0.1, 0.15) is 11.2 Å². The number of para-hydroxylation sites is 1. The largest absolute Gasteiger partial charge is 0.456 e. The summed E-state index contributed by atoms with van der Waals surface area (Å²) >= 11 is 0. The number of rotatable bonds is 6. The zero-order chi connectivity index (χ0) is 37.7. The van der Waals surface area contributed by atoms with E-state index < -0.39 is 0 Å². The van der Waals surface area contributed by atoms with Crippen LogP contribution in [0.25, 0.3) is 111 Å². The molecule has 0 N–H and O–H groups in total. The Kier molecular flexibility index (Phi) is 7.82. The zero-order valence-corrected chi connectivity index (χ0v) is 30.9. The number of fused-ring (bicyclic) bond motifs is 6. The molecule has 266 valence electrons. The summed E-state index contributed by atoms with van der Waals surface area (Å²) in [6.45, 7) is 0. The van der Waals surface area contributed by atoms with Gasteiger partial charge in [0.15, 0.2) is 5.82 Å². The van der Waals surface area contributed by atoms with Gasteiger partial charge in [-0.2, -0.15) is 0 Å². The molecule has 11 aromatic rings. The van der Waals surface area contributed by atoms with Gasteiger partial charge in [-0.25, -0.2) is 9.97 Å². The number of hydrogen-bond acceptors (Lipinski definition) is 3. The minimum absolute atomic E-state index is 0.684. The third kappa shape index (κ3) is 5.85. The van der Waals surface area contributed by atoms with Crippen molar-refractivity contribution in [3.8, 4) is 67.3 Å². The van der Waals surface area contributed by atoms with Gasteiger partial charge in [0.05, 0.1) is 11.4 Å². The predicted molar refractivity (Wildman–Crippen MR) is 237 cm³/mol. The lowest BCUT2D eigenvalue weighted by Gasteiger charge is -2.16. The van der Waals surface area contributed by atoms with Crippen molar-refractivity contribution in [3.05, 3.63) is 206 Å². The average molecular weight is 727 g/mol. The molecule has 0 atom stereocenters. The van der Waals surface area contributed by atoms with E-state index in [-0.39, 0.29) is 0 Å². The molecule has 3 heteroatoms. The first kappa shape index (κ1) is 32.8. The molecule has 0 aliphatic carbocycles. The summed E-state index contributed by atoms with van der Waals surface area (Å²) in [5.41, 5.74) is 13.4. The molecule has 0 aliphatic heterocycles. The van der Waals surface area contributed by atoms with Crippen LogP contribution in [0, 0.1) is 0 Å². The molecule has 0 bridgehead atoms. The van der Waals surface area contributed by atoms with E-state index in [1.54, 1.807) is 0 Å². The average Bonchev–Trinajstić information content (AvgIpc) is 3.67. The highest BCUT2D eigenvalue weighted by molar-refractivity contribution is 6.13. The number of nitrogens with zero attached hydrogens (tertiary/aromatic N) is 2. The topological polar surface area (TPSA) is 38.9 Å². The number of benzene rings is 9. The number of furan rings is 1. The molecule has 0 fully saturated rings. The van der Waals surface area contributed by atoms with Gasteiger partial charge in [-0.15, -0.1) is 0 Å². The molecular weight excluding hydrogens is 693 g/mol. The van der Waals surface area contributed by atoms with Gasteiger partial charge in [0, 0.05) is 27.5 Å². The second-order valence-corrected chi connectivity index (χ2v) is 14.5. The van der Waals surface area contributed by atoms with Crippen LogP contribution in [-0.2, 0) is 0 Å². The van der Waals surface area contributed by atoms with Crippen LogP contribution < -0.4 is 0 Å². The fraction of sp³-hybridized carbons (Fsp3) is 0. The highest BCUT2D eigenvalue weighted by atomic mass is 16.3. The molecule has 3 nitrogen and oxygen atoms in total. The van der Waals surface area contributed by atoms with Crippen molar-refractivity contribution in [2.45, 2.75) is 0 Å². The third-order valence-electron chi connectivity index (χ3n) is 11.1. The first-order valence-electron chi connectivity index (χ1n) is 19.3. The maximum absolute atomic E-state index is 6.24. The SMILES string of the molecule is c1ccc(-c2nc(-c3cc(-c4ccc5oc6ccccc6c5c4)cc(-c4ccccc4-c4ccccc4)c3)cc(-c3cc4ccccc4c4ccccc34)n2)cc1. The molecule has 0 unspecified atom stereocenters. The molecule has 0 saturated carbocycles. The van der Waals surface area contributed by atoms with Gasteiger partial charge in [-0.1, -0.05) is 158 Å². The van der Waals surface area contributed by atoms with Crippen LogP contribution in [0.5, 0.6) is 0 Å². The first-order valence-corrected chi connectivity index (χ1v) is 19.3. The molecule has 0 radical (unpaired) electrons. The van der Waals surface area contributed by atoms with Gasteiger partial charge < -0.3 is 4.42 Å². The quantitative estimate of drug-likeness (QED) is 0.160. The van der Waals surface area contributed by atoms with Crippen molar-refractivity contribution in [1.82, 2.24) is 9.97 Å². The molecule has 0 spiro atoms. The van der Waals surface area contributed by atoms with E-state index in [0.717, 1.165) is 77.7 Å². The van der Waals surface area contributed by atoms with E-state index in [4.69, 9.17) is 14.4 Å². The fourth-order valence-corrected chi connectivity index (χ4v) is 8.32. The normalized spacial score (nSPS) is 11.5. The van der Waals surface area contributed by atoms with Gasteiger partial charge >= 0.3 is 0 Å². The summed E-state index contributed by atoms with van der Waals surface area (Å²) in [6.07, 6.45) is 0. The minimum Gasteiger partial charge on any atom is -0.456 e. The summed E-state index contributed by atoms with van der Waals surface area (Å²) in [4.78, 5) is 10.7. The standard InChI is InChI=1S/C54H34N2O/c1-3-15-35(16-4-1)42-20-9-10-22-44(42)40-29-39(37-27-28-53-49(32-37)47-25-13-14-26-52(47)57-53)30-41(31-40)50-34-51(56-54(55-50)36-17-5-2-6-18-36)48-33-38-19-7-8-21-43(38)45-23-11-12-24-46(45)48/h1-34H. The van der Waals surface area contributed by atoms with Gasteiger partial charge in [0.25, 0.3) is 0 Å². The van der Waals surface area contributed by atoms with Crippen LogP contribution in [0.4, 0.5) is 0 Å². The second-order valence-electron chi connectivity index (χ2n) is 14.5. The zero-order valence-electron chi connectivity index (χ0n) is 30.9. The van der Waals surface area contributed by atoms with Crippen molar-refractivity contribution >= 4 is 43.5 Å². The summed E-state index contributed by atoms with van der Waals surface area (Å²) < 4.78 is 6.24. The van der Waals surface area contributed by atoms with E-state index in [0.29, 0.717) is 5.82 Å². The molecule has 0 saturated heterocycles. The molecule has 0 amide bonds. The van der Waals surface area contributed by atoms with E-state index >= 15 is 0 Å². The Balaban J connectivity index is 1.18. The van der Waals surface area contributed by atoms with Crippen LogP contribution >= 0.6 is 0 Å². The second kappa shape index (κ2) is 13.6. The van der Waals surface area contributed by atoms with E-state index in [1.165, 1.54) is 27.3 Å². The molecule has 0 aliphatic rings. The maximum Gasteiger partial charge on any atom is 0.160 e. The summed E-state index contributed by atoms with van der Waals surface area (Å²) in [5.74, 6) is 0.684. The van der Waals surface area contributed by atoms with E-state index in [2.05, 4.69) is 176 Å². The van der Waals surface area contributed by atoms with Crippen LogP contribution in [-0.4, -0.2) is 9.97 Å². The minimum atomic E-state index is 0.684. The molecule has 2 heterocycles. The molecule has 9 aromatic carbocycles. The van der Waals surface area contributed by atoms with E-state index in [1.807, 2.05) is 30.3 Å². The highest BCUT2D eigenvalue weighted by Crippen LogP contribution is 2.41. The Labute approximate surface area is 330 Å². The molecular formula is C54H34N2O.